The third-order valence-electron chi connectivity index (χ3n) is 5.94. The molecule has 0 fully saturated rings. The van der Waals surface area contributed by atoms with E-state index in [1.54, 1.807) is 83.1 Å². The highest BCUT2D eigenvalue weighted by atomic mass is 16.5. The summed E-state index contributed by atoms with van der Waals surface area (Å²) in [4.78, 5) is 44.8. The topological polar surface area (TPSA) is 162 Å². The van der Waals surface area contributed by atoms with Gasteiger partial charge in [0.15, 0.2) is 0 Å². The number of rotatable bonds is 12. The molecule has 0 spiro atoms. The number of carbonyl (C=O) groups is 4. The summed E-state index contributed by atoms with van der Waals surface area (Å²) < 4.78 is 14.6. The molecule has 4 N–H and O–H groups in total. The first-order chi connectivity index (χ1) is 22.4. The lowest BCUT2D eigenvalue weighted by atomic mass is 10.1. The molecule has 0 amide bonds. The summed E-state index contributed by atoms with van der Waals surface area (Å²) in [7, 11) is 1.00. The Morgan fingerprint density at radius 3 is 1.15 bits per heavy atom. The third kappa shape index (κ3) is 20.0. The number of carbonyl (C=O) groups excluding carboxylic acids is 4. The van der Waals surface area contributed by atoms with Crippen LogP contribution in [-0.4, -0.2) is 73.0 Å². The van der Waals surface area contributed by atoms with E-state index in [2.05, 4.69) is 0 Å². The van der Waals surface area contributed by atoms with Gasteiger partial charge in [0.2, 0.25) is 0 Å². The van der Waals surface area contributed by atoms with Gasteiger partial charge in [-0.15, -0.1) is 0 Å². The van der Waals surface area contributed by atoms with Crippen LogP contribution < -0.4 is 5.73 Å². The maximum Gasteiger partial charge on any atom is 0.338 e. The SMILES string of the molecule is C.CCOC(=O)c1ccc(CC(C)=O)cc1.CCOC(=O)c1ccc(CC(C)N)cc1.CCOC(=O)c1ccc(CC(C)O)cc1.CO. The first-order valence-corrected chi connectivity index (χ1v) is 15.6. The van der Waals surface area contributed by atoms with E-state index in [1.807, 2.05) is 31.2 Å². The van der Waals surface area contributed by atoms with Crippen molar-refractivity contribution in [2.24, 2.45) is 5.73 Å². The van der Waals surface area contributed by atoms with E-state index in [-0.39, 0.29) is 43.3 Å². The van der Waals surface area contributed by atoms with Crippen molar-refractivity contribution in [1.29, 1.82) is 0 Å². The van der Waals surface area contributed by atoms with Crippen LogP contribution in [0.3, 0.4) is 0 Å². The second-order valence-electron chi connectivity index (χ2n) is 10.4. The molecule has 0 saturated carbocycles. The van der Waals surface area contributed by atoms with Gasteiger partial charge >= 0.3 is 17.9 Å². The number of esters is 3. The Hall–Kier alpha value is -4.38. The monoisotopic (exact) mass is 669 g/mol. The molecule has 2 unspecified atom stereocenters. The molecule has 0 aromatic heterocycles. The second kappa shape index (κ2) is 26.7. The fourth-order valence-electron chi connectivity index (χ4n) is 3.96. The van der Waals surface area contributed by atoms with Crippen LogP contribution >= 0.6 is 0 Å². The fraction of sp³-hybridized carbons (Fsp3) is 0.421. The average molecular weight is 670 g/mol. The van der Waals surface area contributed by atoms with Crippen molar-refractivity contribution in [1.82, 2.24) is 0 Å². The number of ether oxygens (including phenoxy) is 3. The first-order valence-electron chi connectivity index (χ1n) is 15.6. The van der Waals surface area contributed by atoms with Crippen LogP contribution in [0.15, 0.2) is 72.8 Å². The van der Waals surface area contributed by atoms with E-state index in [0.717, 1.165) is 30.2 Å². The number of nitrogens with two attached hydrogens (primary N) is 1. The minimum absolute atomic E-state index is 0. The van der Waals surface area contributed by atoms with Crippen LogP contribution in [0.2, 0.25) is 0 Å². The smallest absolute Gasteiger partial charge is 0.338 e. The zero-order valence-electron chi connectivity index (χ0n) is 28.7. The van der Waals surface area contributed by atoms with Crippen molar-refractivity contribution in [3.8, 4) is 0 Å². The number of benzene rings is 3. The van der Waals surface area contributed by atoms with E-state index < -0.39 is 0 Å². The van der Waals surface area contributed by atoms with Crippen LogP contribution in [0.4, 0.5) is 0 Å². The van der Waals surface area contributed by atoms with Gasteiger partial charge in [-0.1, -0.05) is 43.8 Å². The zero-order chi connectivity index (χ0) is 35.8. The van der Waals surface area contributed by atoms with E-state index in [1.165, 1.54) is 0 Å². The summed E-state index contributed by atoms with van der Waals surface area (Å²) in [6.45, 7) is 11.7. The lowest BCUT2D eigenvalue weighted by Gasteiger charge is -2.06. The van der Waals surface area contributed by atoms with Gasteiger partial charge in [-0.3, -0.25) is 4.79 Å². The van der Waals surface area contributed by atoms with Gasteiger partial charge in [0, 0.05) is 19.6 Å². The van der Waals surface area contributed by atoms with E-state index in [9.17, 15) is 24.3 Å². The quantitative estimate of drug-likeness (QED) is 0.159. The fourth-order valence-corrected chi connectivity index (χ4v) is 3.96. The van der Waals surface area contributed by atoms with Gasteiger partial charge in [0.05, 0.1) is 42.6 Å². The van der Waals surface area contributed by atoms with Gasteiger partial charge in [-0.25, -0.2) is 14.4 Å². The van der Waals surface area contributed by atoms with Crippen LogP contribution in [0.1, 0.15) is 96.7 Å². The molecule has 266 valence electrons. The molecule has 0 bridgehead atoms. The van der Waals surface area contributed by atoms with Crippen molar-refractivity contribution >= 4 is 23.7 Å². The zero-order valence-corrected chi connectivity index (χ0v) is 28.7. The number of aliphatic hydroxyl groups excluding tert-OH is 2. The molecule has 3 aromatic rings. The summed E-state index contributed by atoms with van der Waals surface area (Å²) in [5.41, 5.74) is 10.4. The summed E-state index contributed by atoms with van der Waals surface area (Å²) in [5.74, 6) is -0.795. The number of Topliss-reactive ketones (excluding diaryl/α,β-unsaturated/α-hetero) is 1. The lowest BCUT2D eigenvalue weighted by molar-refractivity contribution is -0.116. The van der Waals surface area contributed by atoms with Crippen molar-refractivity contribution in [3.63, 3.8) is 0 Å². The van der Waals surface area contributed by atoms with Gasteiger partial charge in [-0.2, -0.15) is 0 Å². The predicted molar refractivity (Wildman–Crippen MR) is 189 cm³/mol. The number of aliphatic hydroxyl groups is 2. The van der Waals surface area contributed by atoms with Crippen molar-refractivity contribution in [2.75, 3.05) is 26.9 Å². The molecule has 10 nitrogen and oxygen atoms in total. The lowest BCUT2D eigenvalue weighted by Crippen LogP contribution is -2.17. The molecule has 3 rings (SSSR count). The van der Waals surface area contributed by atoms with Crippen LogP contribution in [0.5, 0.6) is 0 Å². The number of hydrogen-bond acceptors (Lipinski definition) is 10. The van der Waals surface area contributed by atoms with Crippen molar-refractivity contribution in [3.05, 3.63) is 106 Å². The highest BCUT2D eigenvalue weighted by Gasteiger charge is 2.08. The van der Waals surface area contributed by atoms with Gasteiger partial charge in [0.1, 0.15) is 5.78 Å². The Kier molecular flexibility index (Phi) is 25.4. The standard InChI is InChI=1S/C12H17NO2.C12H16O3.C12H14O3.CH4O.CH4/c3*1-3-15-12(14)11-6-4-10(5-7-11)8-9(2)13;1-2;/h4-7,9H,3,8,13H2,1-2H3;4-7,9,13H,3,8H2,1-2H3;4-7H,3,8H2,1-2H3;2H,1H3;1H4. The largest absolute Gasteiger partial charge is 0.462 e. The maximum atomic E-state index is 11.3. The molecule has 0 radical (unpaired) electrons. The molecular weight excluding hydrogens is 614 g/mol. The minimum Gasteiger partial charge on any atom is -0.462 e. The van der Waals surface area contributed by atoms with Crippen LogP contribution in [0.25, 0.3) is 0 Å². The van der Waals surface area contributed by atoms with Crippen LogP contribution in [-0.2, 0) is 38.3 Å². The summed E-state index contributed by atoms with van der Waals surface area (Å²) in [6.07, 6.45) is 1.47. The minimum atomic E-state index is -0.363. The Balaban J connectivity index is 0. The normalized spacial score (nSPS) is 10.8. The Labute approximate surface area is 286 Å². The molecule has 0 aliphatic rings. The highest BCUT2D eigenvalue weighted by Crippen LogP contribution is 2.10. The molecular formula is C38H55NO9. The van der Waals surface area contributed by atoms with Gasteiger partial charge < -0.3 is 30.2 Å². The summed E-state index contributed by atoms with van der Waals surface area (Å²) in [6, 6.07) is 21.5. The van der Waals surface area contributed by atoms with Crippen molar-refractivity contribution < 1.29 is 43.6 Å². The van der Waals surface area contributed by atoms with Gasteiger partial charge in [-0.05, 0) is 107 Å². The van der Waals surface area contributed by atoms with Gasteiger partial charge in [0.25, 0.3) is 0 Å². The molecule has 0 saturated heterocycles. The first kappa shape index (κ1) is 45.7. The molecule has 0 heterocycles. The molecule has 48 heavy (non-hydrogen) atoms. The molecule has 0 aliphatic heterocycles. The predicted octanol–water partition coefficient (Wildman–Crippen LogP) is 5.78. The molecule has 10 heteroatoms. The third-order valence-corrected chi connectivity index (χ3v) is 5.94. The van der Waals surface area contributed by atoms with Crippen molar-refractivity contribution in [2.45, 2.75) is 80.4 Å². The second-order valence-corrected chi connectivity index (χ2v) is 10.4. The molecule has 3 aromatic carbocycles. The Morgan fingerprint density at radius 2 is 0.896 bits per heavy atom. The van der Waals surface area contributed by atoms with E-state index in [4.69, 9.17) is 25.1 Å². The Morgan fingerprint density at radius 1 is 0.604 bits per heavy atom. The highest BCUT2D eigenvalue weighted by molar-refractivity contribution is 5.90. The van der Waals surface area contributed by atoms with E-state index >= 15 is 0 Å². The van der Waals surface area contributed by atoms with Crippen LogP contribution in [0, 0.1) is 0 Å². The van der Waals surface area contributed by atoms with E-state index in [0.29, 0.717) is 49.4 Å². The summed E-state index contributed by atoms with van der Waals surface area (Å²) in [5, 5.41) is 16.2. The number of ketones is 1. The Bertz CT molecular complexity index is 1250. The molecule has 0 aliphatic carbocycles. The summed E-state index contributed by atoms with van der Waals surface area (Å²) >= 11 is 0. The molecule has 2 atom stereocenters. The maximum absolute atomic E-state index is 11.3. The number of hydrogen-bond donors (Lipinski definition) is 3. The average Bonchev–Trinajstić information content (AvgIpc) is 3.03.